The molecule has 5 nitrogen and oxygen atoms in total. The number of anilines is 1. The molecule has 122 valence electrons. The number of carbonyl (C=O) groups excluding carboxylic acids is 1. The summed E-state index contributed by atoms with van der Waals surface area (Å²) in [4.78, 5) is 17.4. The lowest BCUT2D eigenvalue weighted by Crippen LogP contribution is -2.39. The number of hydrogen-bond acceptors (Lipinski definition) is 5. The van der Waals surface area contributed by atoms with Gasteiger partial charge in [-0.15, -0.1) is 11.3 Å². The van der Waals surface area contributed by atoms with Crippen molar-refractivity contribution in [3.8, 4) is 0 Å². The average molecular weight is 336 g/mol. The van der Waals surface area contributed by atoms with E-state index in [0.29, 0.717) is 30.3 Å². The van der Waals surface area contributed by atoms with Gasteiger partial charge in [0, 0.05) is 11.3 Å². The van der Waals surface area contributed by atoms with Crippen LogP contribution in [-0.4, -0.2) is 36.8 Å². The van der Waals surface area contributed by atoms with E-state index >= 15 is 0 Å². The molecule has 0 radical (unpaired) electrons. The Kier molecular flexibility index (Phi) is 5.00. The molecule has 1 atom stereocenters. The van der Waals surface area contributed by atoms with Crippen LogP contribution in [0.1, 0.15) is 16.1 Å². The van der Waals surface area contributed by atoms with Crippen molar-refractivity contribution in [3.05, 3.63) is 46.2 Å². The van der Waals surface area contributed by atoms with Crippen LogP contribution < -0.4 is 5.32 Å². The standard InChI is InChI=1S/C16H17FN2O3S/c1-10-14(8-11-4-2-3-5-12(11)17)23-16(18-10)19-15(20)13-9-21-6-7-22-13/h2-5,13H,6-9H2,1H3,(H,18,19,20)/t13-/m0/s1. The number of aryl methyl sites for hydroxylation is 1. The van der Waals surface area contributed by atoms with E-state index in [-0.39, 0.29) is 18.3 Å². The van der Waals surface area contributed by atoms with E-state index in [0.717, 1.165) is 10.6 Å². The third-order valence-corrected chi connectivity index (χ3v) is 4.61. The molecule has 1 fully saturated rings. The third kappa shape index (κ3) is 3.93. The van der Waals surface area contributed by atoms with Crippen molar-refractivity contribution in [2.24, 2.45) is 0 Å². The first-order valence-corrected chi connectivity index (χ1v) is 8.15. The molecule has 1 aliphatic heterocycles. The summed E-state index contributed by atoms with van der Waals surface area (Å²) in [5, 5.41) is 3.24. The van der Waals surface area contributed by atoms with E-state index in [1.807, 2.05) is 6.92 Å². The lowest BCUT2D eigenvalue weighted by Gasteiger charge is -2.21. The molecule has 0 aliphatic carbocycles. The van der Waals surface area contributed by atoms with Gasteiger partial charge in [0.2, 0.25) is 0 Å². The van der Waals surface area contributed by atoms with Crippen LogP contribution in [0.25, 0.3) is 0 Å². The SMILES string of the molecule is Cc1nc(NC(=O)[C@@H]2COCCO2)sc1Cc1ccccc1F. The quantitative estimate of drug-likeness (QED) is 0.932. The van der Waals surface area contributed by atoms with Crippen LogP contribution in [0.3, 0.4) is 0 Å². The normalized spacial score (nSPS) is 17.9. The van der Waals surface area contributed by atoms with Crippen LogP contribution in [0.2, 0.25) is 0 Å². The van der Waals surface area contributed by atoms with Gasteiger partial charge in [0.05, 0.1) is 25.5 Å². The molecule has 1 aliphatic rings. The number of carbonyl (C=O) groups is 1. The molecule has 3 rings (SSSR count). The molecule has 7 heteroatoms. The predicted octanol–water partition coefficient (Wildman–Crippen LogP) is 2.54. The Morgan fingerprint density at radius 3 is 3.00 bits per heavy atom. The van der Waals surface area contributed by atoms with Crippen molar-refractivity contribution in [2.45, 2.75) is 19.4 Å². The summed E-state index contributed by atoms with van der Waals surface area (Å²) in [5.74, 6) is -0.505. The minimum atomic E-state index is -0.608. The van der Waals surface area contributed by atoms with Crippen molar-refractivity contribution < 1.29 is 18.7 Å². The van der Waals surface area contributed by atoms with Crippen LogP contribution in [-0.2, 0) is 20.7 Å². The molecule has 2 aromatic rings. The number of thiazole rings is 1. The van der Waals surface area contributed by atoms with Gasteiger partial charge >= 0.3 is 0 Å². The minimum absolute atomic E-state index is 0.237. The fraction of sp³-hybridized carbons (Fsp3) is 0.375. The lowest BCUT2D eigenvalue weighted by atomic mass is 10.1. The zero-order chi connectivity index (χ0) is 16.2. The molecule has 0 saturated carbocycles. The molecule has 2 heterocycles. The van der Waals surface area contributed by atoms with Crippen molar-refractivity contribution in [1.82, 2.24) is 4.98 Å². The summed E-state index contributed by atoms with van der Waals surface area (Å²) in [6.07, 6.45) is -0.155. The minimum Gasteiger partial charge on any atom is -0.376 e. The molecule has 0 unspecified atom stereocenters. The highest BCUT2D eigenvalue weighted by Crippen LogP contribution is 2.26. The lowest BCUT2D eigenvalue weighted by molar-refractivity contribution is -0.142. The maximum absolute atomic E-state index is 13.8. The number of halogens is 1. The van der Waals surface area contributed by atoms with Crippen molar-refractivity contribution in [1.29, 1.82) is 0 Å². The smallest absolute Gasteiger partial charge is 0.257 e. The van der Waals surface area contributed by atoms with Crippen LogP contribution in [0.5, 0.6) is 0 Å². The number of nitrogens with one attached hydrogen (secondary N) is 1. The number of benzene rings is 1. The van der Waals surface area contributed by atoms with Gasteiger partial charge in [-0.3, -0.25) is 10.1 Å². The number of nitrogens with zero attached hydrogens (tertiary/aromatic N) is 1. The van der Waals surface area contributed by atoms with Crippen molar-refractivity contribution in [2.75, 3.05) is 25.1 Å². The van der Waals surface area contributed by atoms with E-state index < -0.39 is 6.10 Å². The molecule has 0 spiro atoms. The van der Waals surface area contributed by atoms with E-state index in [1.165, 1.54) is 17.4 Å². The highest BCUT2D eigenvalue weighted by Gasteiger charge is 2.24. The molecular weight excluding hydrogens is 319 g/mol. The predicted molar refractivity (Wildman–Crippen MR) is 85.2 cm³/mol. The van der Waals surface area contributed by atoms with Gasteiger partial charge in [-0.2, -0.15) is 0 Å². The molecule has 1 aromatic carbocycles. The summed E-state index contributed by atoms with van der Waals surface area (Å²) in [6.45, 7) is 3.02. The number of amides is 1. The summed E-state index contributed by atoms with van der Waals surface area (Å²) < 4.78 is 24.3. The Morgan fingerprint density at radius 1 is 1.43 bits per heavy atom. The molecule has 0 bridgehead atoms. The van der Waals surface area contributed by atoms with Crippen molar-refractivity contribution in [3.63, 3.8) is 0 Å². The second-order valence-electron chi connectivity index (χ2n) is 5.22. The maximum atomic E-state index is 13.8. The Labute approximate surface area is 137 Å². The first kappa shape index (κ1) is 16.0. The summed E-state index contributed by atoms with van der Waals surface area (Å²) in [5.41, 5.74) is 1.40. The summed E-state index contributed by atoms with van der Waals surface area (Å²) >= 11 is 1.35. The zero-order valence-electron chi connectivity index (χ0n) is 12.7. The highest BCUT2D eigenvalue weighted by atomic mass is 32.1. The molecule has 1 saturated heterocycles. The molecule has 23 heavy (non-hydrogen) atoms. The second kappa shape index (κ2) is 7.16. The van der Waals surface area contributed by atoms with Crippen LogP contribution >= 0.6 is 11.3 Å². The first-order chi connectivity index (χ1) is 11.1. The largest absolute Gasteiger partial charge is 0.376 e. The first-order valence-electron chi connectivity index (χ1n) is 7.33. The van der Waals surface area contributed by atoms with Crippen LogP contribution in [0, 0.1) is 12.7 Å². The maximum Gasteiger partial charge on any atom is 0.257 e. The number of hydrogen-bond donors (Lipinski definition) is 1. The molecule has 1 aromatic heterocycles. The van der Waals surface area contributed by atoms with E-state index in [2.05, 4.69) is 10.3 Å². The fourth-order valence-corrected chi connectivity index (χ4v) is 3.27. The van der Waals surface area contributed by atoms with E-state index in [1.54, 1.807) is 18.2 Å². The molecular formula is C16H17FN2O3S. The van der Waals surface area contributed by atoms with Gasteiger partial charge in [0.1, 0.15) is 5.82 Å². The Bertz CT molecular complexity index is 698. The van der Waals surface area contributed by atoms with E-state index in [9.17, 15) is 9.18 Å². The molecule has 1 N–H and O–H groups in total. The monoisotopic (exact) mass is 336 g/mol. The Balaban J connectivity index is 1.68. The second-order valence-corrected chi connectivity index (χ2v) is 6.30. The highest BCUT2D eigenvalue weighted by molar-refractivity contribution is 7.15. The van der Waals surface area contributed by atoms with Gasteiger partial charge in [0.15, 0.2) is 11.2 Å². The average Bonchev–Trinajstić information content (AvgIpc) is 2.90. The van der Waals surface area contributed by atoms with Gasteiger partial charge in [-0.25, -0.2) is 9.37 Å². The van der Waals surface area contributed by atoms with Crippen molar-refractivity contribution >= 4 is 22.4 Å². The van der Waals surface area contributed by atoms with Crippen LogP contribution in [0.4, 0.5) is 9.52 Å². The fourth-order valence-electron chi connectivity index (χ4n) is 2.29. The van der Waals surface area contributed by atoms with Crippen LogP contribution in [0.15, 0.2) is 24.3 Å². The van der Waals surface area contributed by atoms with Gasteiger partial charge in [-0.05, 0) is 18.6 Å². The topological polar surface area (TPSA) is 60.5 Å². The van der Waals surface area contributed by atoms with Gasteiger partial charge in [-0.1, -0.05) is 18.2 Å². The summed E-state index contributed by atoms with van der Waals surface area (Å²) in [6, 6.07) is 6.66. The third-order valence-electron chi connectivity index (χ3n) is 3.54. The molecule has 1 amide bonds. The Morgan fingerprint density at radius 2 is 2.26 bits per heavy atom. The Hall–Kier alpha value is -1.83. The number of rotatable bonds is 4. The number of aromatic nitrogens is 1. The number of ether oxygens (including phenoxy) is 2. The van der Waals surface area contributed by atoms with Gasteiger partial charge in [0.25, 0.3) is 5.91 Å². The van der Waals surface area contributed by atoms with Gasteiger partial charge < -0.3 is 9.47 Å². The van der Waals surface area contributed by atoms with E-state index in [4.69, 9.17) is 9.47 Å². The zero-order valence-corrected chi connectivity index (χ0v) is 13.5. The summed E-state index contributed by atoms with van der Waals surface area (Å²) in [7, 11) is 0.